The van der Waals surface area contributed by atoms with Gasteiger partial charge in [-0.05, 0) is 66.2 Å². The van der Waals surface area contributed by atoms with E-state index in [1.165, 1.54) is 24.3 Å². The number of nitrogens with zero attached hydrogens (tertiary/aromatic N) is 7. The predicted octanol–water partition coefficient (Wildman–Crippen LogP) is 5.60. The highest BCUT2D eigenvalue weighted by atomic mass is 19.4. The monoisotopic (exact) mass is 769 g/mol. The van der Waals surface area contributed by atoms with Gasteiger partial charge in [-0.3, -0.25) is 14.5 Å². The van der Waals surface area contributed by atoms with Crippen LogP contribution >= 0.6 is 0 Å². The number of benzene rings is 3. The van der Waals surface area contributed by atoms with Crippen LogP contribution in [0.15, 0.2) is 97.3 Å². The Kier molecular flexibility index (Phi) is 12.5. The maximum Gasteiger partial charge on any atom is 0.416 e. The standard InChI is InChI=1S/C35H30F3N7O3.C4H4O4/c1-42(32(46)25-7-9-27(10-8-25)35(36,37)38)28-20-40-34(41-21-28)48-29-11-12-30-26(17-29)18-31(43(30)2)33(47)45-15-13-44(14-16-45)22-24-5-3-23(19-39)4-6-24;5-3(6)1-2-4(7)8/h3-12,17-18,20-21H,13-16,22H2,1-2H3;1-2H,(H,5,6)(H,7,8). The van der Waals surface area contributed by atoms with E-state index < -0.39 is 29.6 Å². The van der Waals surface area contributed by atoms with Crippen LogP contribution in [0.1, 0.15) is 37.5 Å². The number of halogens is 3. The molecule has 0 radical (unpaired) electrons. The highest BCUT2D eigenvalue weighted by molar-refractivity contribution is 6.05. The number of nitriles is 1. The molecule has 0 saturated carbocycles. The van der Waals surface area contributed by atoms with Crippen molar-refractivity contribution in [2.24, 2.45) is 7.05 Å². The number of aromatic nitrogens is 3. The fraction of sp³-hybridized carbons (Fsp3) is 0.205. The van der Waals surface area contributed by atoms with E-state index in [0.29, 0.717) is 47.9 Å². The van der Waals surface area contributed by atoms with Crippen LogP contribution in [-0.2, 0) is 29.4 Å². The molecule has 14 nitrogen and oxygen atoms in total. The first-order valence-corrected chi connectivity index (χ1v) is 16.8. The van der Waals surface area contributed by atoms with Crippen LogP contribution in [0.4, 0.5) is 18.9 Å². The highest BCUT2D eigenvalue weighted by Gasteiger charge is 2.30. The van der Waals surface area contributed by atoms with Crippen molar-refractivity contribution in [2.75, 3.05) is 38.1 Å². The van der Waals surface area contributed by atoms with Crippen LogP contribution in [-0.4, -0.2) is 91.5 Å². The maximum atomic E-state index is 13.5. The van der Waals surface area contributed by atoms with Crippen molar-refractivity contribution in [1.82, 2.24) is 24.3 Å². The van der Waals surface area contributed by atoms with E-state index in [1.807, 2.05) is 52.9 Å². The van der Waals surface area contributed by atoms with Gasteiger partial charge in [-0.2, -0.15) is 18.4 Å². The van der Waals surface area contributed by atoms with Crippen molar-refractivity contribution in [2.45, 2.75) is 12.7 Å². The van der Waals surface area contributed by atoms with Gasteiger partial charge in [0, 0.05) is 75.4 Å². The molecule has 17 heteroatoms. The molecule has 1 saturated heterocycles. The van der Waals surface area contributed by atoms with E-state index in [-0.39, 0.29) is 17.5 Å². The number of rotatable bonds is 9. The number of ether oxygens (including phenoxy) is 1. The van der Waals surface area contributed by atoms with Crippen LogP contribution in [0.2, 0.25) is 0 Å². The Hall–Kier alpha value is -7.06. The number of anilines is 1. The summed E-state index contributed by atoms with van der Waals surface area (Å²) in [5.41, 5.74) is 2.74. The molecule has 288 valence electrons. The zero-order chi connectivity index (χ0) is 40.6. The average Bonchev–Trinajstić information content (AvgIpc) is 3.52. The molecule has 0 atom stereocenters. The van der Waals surface area contributed by atoms with Gasteiger partial charge in [0.15, 0.2) is 0 Å². The summed E-state index contributed by atoms with van der Waals surface area (Å²) in [6.07, 6.45) is -0.614. The quantitative estimate of drug-likeness (QED) is 0.178. The first-order valence-electron chi connectivity index (χ1n) is 16.8. The summed E-state index contributed by atoms with van der Waals surface area (Å²) >= 11 is 0. The van der Waals surface area contributed by atoms with Crippen molar-refractivity contribution >= 4 is 40.3 Å². The van der Waals surface area contributed by atoms with Crippen molar-refractivity contribution in [3.05, 3.63) is 125 Å². The molecular formula is C39H34F3N7O7. The predicted molar refractivity (Wildman–Crippen MR) is 196 cm³/mol. The van der Waals surface area contributed by atoms with Gasteiger partial charge in [0.25, 0.3) is 11.8 Å². The Balaban J connectivity index is 0.000000677. The topological polar surface area (TPSA) is 182 Å². The zero-order valence-electron chi connectivity index (χ0n) is 30.0. The van der Waals surface area contributed by atoms with E-state index in [4.69, 9.17) is 20.2 Å². The van der Waals surface area contributed by atoms with Gasteiger partial charge in [-0.25, -0.2) is 19.6 Å². The second kappa shape index (κ2) is 17.4. The molecule has 3 heterocycles. The number of hydrogen-bond donors (Lipinski definition) is 2. The molecule has 1 aliphatic rings. The second-order valence-corrected chi connectivity index (χ2v) is 12.5. The molecular weight excluding hydrogens is 735 g/mol. The van der Waals surface area contributed by atoms with E-state index >= 15 is 0 Å². The Labute approximate surface area is 317 Å². The third kappa shape index (κ3) is 10.1. The number of carboxylic acid groups (broad SMARTS) is 2. The number of carbonyl (C=O) groups excluding carboxylic acids is 2. The van der Waals surface area contributed by atoms with Gasteiger partial charge in [0.05, 0.1) is 35.3 Å². The summed E-state index contributed by atoms with van der Waals surface area (Å²) < 4.78 is 46.3. The van der Waals surface area contributed by atoms with Crippen molar-refractivity contribution < 1.29 is 47.3 Å². The summed E-state index contributed by atoms with van der Waals surface area (Å²) in [4.78, 5) is 59.2. The molecule has 2 N–H and O–H groups in total. The third-order valence-electron chi connectivity index (χ3n) is 8.73. The van der Waals surface area contributed by atoms with E-state index in [1.54, 1.807) is 12.1 Å². The number of piperazine rings is 1. The van der Waals surface area contributed by atoms with E-state index in [2.05, 4.69) is 20.9 Å². The number of carbonyl (C=O) groups is 4. The molecule has 1 aliphatic heterocycles. The molecule has 3 aromatic carbocycles. The Morgan fingerprint density at radius 1 is 0.893 bits per heavy atom. The first kappa shape index (κ1) is 40.1. The van der Waals surface area contributed by atoms with Crippen LogP contribution in [0.3, 0.4) is 0 Å². The summed E-state index contributed by atoms with van der Waals surface area (Å²) in [5, 5.41) is 25.4. The number of aliphatic carboxylic acids is 2. The van der Waals surface area contributed by atoms with E-state index in [0.717, 1.165) is 60.4 Å². The number of aryl methyl sites for hydroxylation is 1. The molecule has 0 unspecified atom stereocenters. The normalized spacial score (nSPS) is 13.1. The van der Waals surface area contributed by atoms with Gasteiger partial charge >= 0.3 is 24.1 Å². The third-order valence-corrected chi connectivity index (χ3v) is 8.73. The largest absolute Gasteiger partial charge is 0.478 e. The SMILES string of the molecule is CN(C(=O)c1ccc(C(F)(F)F)cc1)c1cnc(Oc2ccc3c(c2)cc(C(=O)N2CCN(Cc4ccc(C#N)cc4)CC2)n3C)nc1.O=C(O)C=CC(=O)O. The molecule has 0 bridgehead atoms. The van der Waals surface area contributed by atoms with Crippen molar-refractivity contribution in [3.8, 4) is 17.8 Å². The Bertz CT molecular complexity index is 2280. The lowest BCUT2D eigenvalue weighted by Crippen LogP contribution is -2.48. The minimum absolute atomic E-state index is 0.0274. The van der Waals surface area contributed by atoms with E-state index in [9.17, 15) is 32.3 Å². The molecule has 2 aromatic heterocycles. The molecule has 1 fully saturated rings. The molecule has 5 aromatic rings. The summed E-state index contributed by atoms with van der Waals surface area (Å²) in [6, 6.07) is 20.9. The number of carboxylic acids is 2. The van der Waals surface area contributed by atoms with Gasteiger partial charge in [0.1, 0.15) is 11.4 Å². The minimum Gasteiger partial charge on any atom is -0.478 e. The van der Waals surface area contributed by atoms with Crippen LogP contribution in [0.25, 0.3) is 10.9 Å². The minimum atomic E-state index is -4.49. The number of fused-ring (bicyclic) bond motifs is 1. The maximum absolute atomic E-state index is 13.5. The van der Waals surface area contributed by atoms with Crippen LogP contribution < -0.4 is 9.64 Å². The fourth-order valence-electron chi connectivity index (χ4n) is 5.71. The summed E-state index contributed by atoms with van der Waals surface area (Å²) in [5.74, 6) is -2.64. The molecule has 0 aliphatic carbocycles. The number of hydrogen-bond acceptors (Lipinski definition) is 9. The van der Waals surface area contributed by atoms with Crippen molar-refractivity contribution in [3.63, 3.8) is 0 Å². The van der Waals surface area contributed by atoms with Crippen LogP contribution in [0.5, 0.6) is 11.8 Å². The molecule has 0 spiro atoms. The molecule has 6 rings (SSSR count). The highest BCUT2D eigenvalue weighted by Crippen LogP contribution is 2.30. The number of alkyl halides is 3. The lowest BCUT2D eigenvalue weighted by molar-refractivity contribution is -0.137. The van der Waals surface area contributed by atoms with Gasteiger partial charge in [-0.15, -0.1) is 0 Å². The second-order valence-electron chi connectivity index (χ2n) is 12.5. The molecule has 2 amide bonds. The lowest BCUT2D eigenvalue weighted by Gasteiger charge is -2.34. The Morgan fingerprint density at radius 2 is 1.50 bits per heavy atom. The number of amides is 2. The van der Waals surface area contributed by atoms with Gasteiger partial charge < -0.3 is 29.3 Å². The first-order chi connectivity index (χ1) is 26.6. The smallest absolute Gasteiger partial charge is 0.416 e. The summed E-state index contributed by atoms with van der Waals surface area (Å²) in [7, 11) is 3.32. The van der Waals surface area contributed by atoms with Crippen molar-refractivity contribution in [1.29, 1.82) is 5.26 Å². The zero-order valence-corrected chi connectivity index (χ0v) is 30.0. The summed E-state index contributed by atoms with van der Waals surface area (Å²) in [6.45, 7) is 3.44. The van der Waals surface area contributed by atoms with Gasteiger partial charge in [0.2, 0.25) is 0 Å². The fourth-order valence-corrected chi connectivity index (χ4v) is 5.71. The molecule has 56 heavy (non-hydrogen) atoms. The van der Waals surface area contributed by atoms with Crippen LogP contribution in [0, 0.1) is 11.3 Å². The lowest BCUT2D eigenvalue weighted by atomic mass is 10.1. The Morgan fingerprint density at radius 3 is 2.05 bits per heavy atom. The average molecular weight is 770 g/mol. The van der Waals surface area contributed by atoms with Gasteiger partial charge in [-0.1, -0.05) is 12.1 Å².